The Morgan fingerprint density at radius 2 is 0.606 bits per heavy atom. The zero-order valence-electron chi connectivity index (χ0n) is 63.9. The third-order valence-electron chi connectivity index (χ3n) is 22.2. The SMILES string of the molecule is CCCCCCc1cc(I)sc1-c1cc(CCCCCC)c(-c2cc(CCCCCC)c(-c3cc(CCCCCC)c(-c4cc(CCCCCC)c(-c5cc(CCCCCC)c(-c6ccc7c8ccc9c%10c(ccc(c%11cccc6c%117)c%108)C(=O)N(c6c(C(C)C)cccc6C(C)C)C9=O)s5)s4)s3)s2)s1. The molecule has 0 fully saturated rings. The summed E-state index contributed by atoms with van der Waals surface area (Å²) < 4.78 is 1.41. The van der Waals surface area contributed by atoms with E-state index in [1.165, 1.54) is 260 Å². The lowest BCUT2D eigenvalue weighted by atomic mass is 9.83. The number of hydrogen-bond acceptors (Lipinski definition) is 8. The smallest absolute Gasteiger partial charge is 0.266 e. The van der Waals surface area contributed by atoms with Gasteiger partial charge in [-0.1, -0.05) is 245 Å². The Morgan fingerprint density at radius 1 is 0.308 bits per heavy atom. The molecule has 7 heterocycles. The lowest BCUT2D eigenvalue weighted by Gasteiger charge is -2.32. The zero-order chi connectivity index (χ0) is 72.5. The molecule has 0 aliphatic carbocycles. The van der Waals surface area contributed by atoms with E-state index in [1.54, 1.807) is 22.3 Å². The van der Waals surface area contributed by atoms with Crippen molar-refractivity contribution < 1.29 is 9.59 Å². The van der Waals surface area contributed by atoms with Crippen LogP contribution in [-0.2, 0) is 38.5 Å². The summed E-state index contributed by atoms with van der Waals surface area (Å²) in [6.45, 7) is 22.6. The molecule has 0 atom stereocenters. The fraction of sp³-hybridized carbons (Fsp3) is 0.447. The molecule has 6 aromatic carbocycles. The maximum Gasteiger partial charge on any atom is 0.266 e. The third kappa shape index (κ3) is 16.2. The number of amides is 2. The van der Waals surface area contributed by atoms with Crippen LogP contribution in [0.15, 0.2) is 109 Å². The minimum atomic E-state index is -0.240. The van der Waals surface area contributed by atoms with Crippen molar-refractivity contribution in [2.24, 2.45) is 0 Å². The van der Waals surface area contributed by atoms with E-state index in [1.807, 2.05) is 34.8 Å². The Kier molecular flexibility index (Phi) is 26.5. The molecular formula is C94H110INO2S6. The number of anilines is 1. The second kappa shape index (κ2) is 35.8. The standard InChI is InChI=1S/C94H110INO2S6/c1-11-17-23-29-37-61-53-77(99-87(61)74-50-47-71-73-49-52-76-85-75(51-48-72(84(73)85)69-45-36-46-70(74)83(69)71)93(97)96(94(76)98)86-67(59(7)8)43-35-44-68(86)60(9)10)88-62(38-30-24-18-12-2)54-78(100-88)89-63(39-31-25-19-13-3)55-79(101-89)90-64(40-32-26-20-14-4)56-80(102-90)91-65(41-33-27-21-15-5)57-81(103-91)92-66(58-82(95)104-92)42-34-28-22-16-6/h35-36,43-60H,11-34,37-42H2,1-10H3. The van der Waals surface area contributed by atoms with Crippen LogP contribution in [0.4, 0.5) is 5.69 Å². The Bertz CT molecular complexity index is 4840. The molecule has 0 unspecified atom stereocenters. The number of halogens is 1. The molecular weight excluding hydrogens is 1490 g/mol. The molecule has 0 saturated carbocycles. The average Bonchev–Trinajstić information content (AvgIpc) is 0.815. The van der Waals surface area contributed by atoms with Gasteiger partial charge in [-0.25, -0.2) is 4.90 Å². The van der Waals surface area contributed by atoms with Crippen molar-refractivity contribution in [2.45, 2.75) is 274 Å². The monoisotopic (exact) mass is 1600 g/mol. The zero-order valence-corrected chi connectivity index (χ0v) is 70.9. The van der Waals surface area contributed by atoms with E-state index in [4.69, 9.17) is 0 Å². The van der Waals surface area contributed by atoms with E-state index in [-0.39, 0.29) is 23.7 Å². The number of fused-ring (bicyclic) bond motifs is 2. The summed E-state index contributed by atoms with van der Waals surface area (Å²) in [5.74, 6) is -0.226. The van der Waals surface area contributed by atoms with Crippen LogP contribution in [0.2, 0.25) is 0 Å². The molecule has 546 valence electrons. The summed E-state index contributed by atoms with van der Waals surface area (Å²) in [7, 11) is 0. The molecule has 0 N–H and O–H groups in total. The van der Waals surface area contributed by atoms with E-state index >= 15 is 9.59 Å². The van der Waals surface area contributed by atoms with Crippen molar-refractivity contribution in [2.75, 3.05) is 4.90 Å². The third-order valence-corrected chi connectivity index (χ3v) is 31.0. The maximum atomic E-state index is 15.2. The molecule has 3 nitrogen and oxygen atoms in total. The summed E-state index contributed by atoms with van der Waals surface area (Å²) in [5, 5.41) is 8.83. The summed E-state index contributed by atoms with van der Waals surface area (Å²) in [5.41, 5.74) is 14.5. The number of hydrogen-bond donors (Lipinski definition) is 0. The van der Waals surface area contributed by atoms with Crippen LogP contribution in [0, 0.1) is 2.88 Å². The molecule has 0 bridgehead atoms. The van der Waals surface area contributed by atoms with E-state index in [2.05, 4.69) is 234 Å². The normalized spacial score (nSPS) is 12.8. The molecule has 1 aliphatic heterocycles. The van der Waals surface area contributed by atoms with Gasteiger partial charge in [-0.2, -0.15) is 0 Å². The van der Waals surface area contributed by atoms with Gasteiger partial charge in [0.25, 0.3) is 11.8 Å². The van der Waals surface area contributed by atoms with Crippen LogP contribution >= 0.6 is 90.6 Å². The highest BCUT2D eigenvalue weighted by atomic mass is 127. The summed E-state index contributed by atoms with van der Waals surface area (Å²) in [4.78, 5) is 48.2. The van der Waals surface area contributed by atoms with Crippen LogP contribution < -0.4 is 4.90 Å². The molecule has 0 radical (unpaired) electrons. The lowest BCUT2D eigenvalue weighted by Crippen LogP contribution is -2.41. The Morgan fingerprint density at radius 3 is 0.971 bits per heavy atom. The van der Waals surface area contributed by atoms with Gasteiger partial charge in [0.05, 0.1) is 8.57 Å². The van der Waals surface area contributed by atoms with E-state index in [0.29, 0.717) is 11.1 Å². The number of rotatable bonds is 39. The molecule has 104 heavy (non-hydrogen) atoms. The molecule has 0 saturated heterocycles. The molecule has 1 aliphatic rings. The lowest BCUT2D eigenvalue weighted by molar-refractivity contribution is 0.0892. The summed E-state index contributed by atoms with van der Waals surface area (Å²) in [6.07, 6.45) is 36.9. The molecule has 10 heteroatoms. The summed E-state index contributed by atoms with van der Waals surface area (Å²) >= 11 is 15.1. The number of carbonyl (C=O) groups is 2. The predicted molar refractivity (Wildman–Crippen MR) is 473 cm³/mol. The minimum Gasteiger partial charge on any atom is -0.268 e. The number of nitrogens with zero attached hydrogens (tertiary/aromatic N) is 1. The number of carbonyl (C=O) groups excluding carboxylic acids is 2. The van der Waals surface area contributed by atoms with E-state index in [9.17, 15) is 0 Å². The first-order valence-corrected chi connectivity index (χ1v) is 46.4. The maximum absolute atomic E-state index is 15.2. The highest BCUT2D eigenvalue weighted by Gasteiger charge is 2.38. The Hall–Kier alpha value is -5.31. The van der Waals surface area contributed by atoms with E-state index in [0.717, 1.165) is 70.5 Å². The predicted octanol–water partition coefficient (Wildman–Crippen LogP) is 32.5. The molecule has 13 rings (SSSR count). The van der Waals surface area contributed by atoms with Gasteiger partial charge in [0.1, 0.15) is 0 Å². The van der Waals surface area contributed by atoms with Crippen LogP contribution in [0.1, 0.15) is 300 Å². The van der Waals surface area contributed by atoms with Crippen molar-refractivity contribution in [1.29, 1.82) is 0 Å². The highest BCUT2D eigenvalue weighted by molar-refractivity contribution is 14.1. The van der Waals surface area contributed by atoms with Gasteiger partial charge < -0.3 is 0 Å². The van der Waals surface area contributed by atoms with Crippen molar-refractivity contribution in [3.63, 3.8) is 0 Å². The van der Waals surface area contributed by atoms with Gasteiger partial charge in [0.2, 0.25) is 0 Å². The van der Waals surface area contributed by atoms with Gasteiger partial charge in [-0.3, -0.25) is 9.59 Å². The highest BCUT2D eigenvalue weighted by Crippen LogP contribution is 2.55. The first-order chi connectivity index (χ1) is 50.8. The molecule has 12 aromatic rings. The van der Waals surface area contributed by atoms with Crippen molar-refractivity contribution in [1.82, 2.24) is 0 Å². The molecule has 6 aromatic heterocycles. The topological polar surface area (TPSA) is 37.4 Å². The van der Waals surface area contributed by atoms with Crippen LogP contribution in [0.3, 0.4) is 0 Å². The average molecular weight is 1610 g/mol. The van der Waals surface area contributed by atoms with Gasteiger partial charge in [0, 0.05) is 70.2 Å². The second-order valence-corrected chi connectivity index (χ2v) is 38.8. The van der Waals surface area contributed by atoms with E-state index < -0.39 is 0 Å². The largest absolute Gasteiger partial charge is 0.268 e. The number of benzene rings is 6. The Balaban J connectivity index is 0.917. The number of thiophene rings is 6. The number of imide groups is 1. The number of unbranched alkanes of at least 4 members (excludes halogenated alkanes) is 18. The van der Waals surface area contributed by atoms with Gasteiger partial charge >= 0.3 is 0 Å². The van der Waals surface area contributed by atoms with Crippen molar-refractivity contribution in [3.8, 4) is 59.2 Å². The van der Waals surface area contributed by atoms with Crippen LogP contribution in [0.5, 0.6) is 0 Å². The number of para-hydroxylation sites is 1. The molecule has 0 spiro atoms. The summed E-state index contributed by atoms with van der Waals surface area (Å²) in [6, 6.07) is 42.1. The second-order valence-electron chi connectivity index (χ2n) is 30.6. The fourth-order valence-corrected chi connectivity index (χ4v) is 25.3. The quantitative estimate of drug-likeness (QED) is 0.0127. The molecule has 2 amide bonds. The van der Waals surface area contributed by atoms with Gasteiger partial charge in [0.15, 0.2) is 0 Å². The fourth-order valence-electron chi connectivity index (χ4n) is 16.6. The first-order valence-electron chi connectivity index (χ1n) is 40.4. The van der Waals surface area contributed by atoms with Crippen molar-refractivity contribution >= 4 is 151 Å². The van der Waals surface area contributed by atoms with Gasteiger partial charge in [-0.15, -0.1) is 68.0 Å². The van der Waals surface area contributed by atoms with Crippen LogP contribution in [-0.4, -0.2) is 11.8 Å². The number of aryl methyl sites for hydroxylation is 6. The van der Waals surface area contributed by atoms with Crippen molar-refractivity contribution in [3.05, 3.63) is 168 Å². The van der Waals surface area contributed by atoms with Crippen LogP contribution in [0.25, 0.3) is 102 Å². The Labute approximate surface area is 660 Å². The van der Waals surface area contributed by atoms with Gasteiger partial charge in [-0.05, 0) is 248 Å². The minimum absolute atomic E-state index is 0.127. The first kappa shape index (κ1) is 76.9.